The molecule has 3 nitrogen and oxygen atoms in total. The van der Waals surface area contributed by atoms with Crippen molar-refractivity contribution >= 4 is 32.4 Å². The van der Waals surface area contributed by atoms with Crippen molar-refractivity contribution in [2.24, 2.45) is 0 Å². The highest BCUT2D eigenvalue weighted by molar-refractivity contribution is 9.11. The van der Waals surface area contributed by atoms with E-state index in [2.05, 4.69) is 31.4 Å². The van der Waals surface area contributed by atoms with Crippen molar-refractivity contribution in [3.8, 4) is 0 Å². The first-order valence-corrected chi connectivity index (χ1v) is 4.71. The van der Waals surface area contributed by atoms with Gasteiger partial charge in [0, 0.05) is 6.04 Å². The molecule has 54 valence electrons. The first kappa shape index (κ1) is 6.54. The second-order valence-corrected chi connectivity index (χ2v) is 4.53. The van der Waals surface area contributed by atoms with Crippen molar-refractivity contribution in [3.63, 3.8) is 0 Å². The Bertz CT molecular complexity index is 233. The van der Waals surface area contributed by atoms with Crippen LogP contribution in [0.3, 0.4) is 0 Å². The van der Waals surface area contributed by atoms with E-state index in [0.717, 1.165) is 9.05 Å². The van der Waals surface area contributed by atoms with Gasteiger partial charge in [-0.1, -0.05) is 11.3 Å². The Morgan fingerprint density at radius 3 is 2.80 bits per heavy atom. The number of rotatable bonds is 2. The van der Waals surface area contributed by atoms with Crippen LogP contribution in [0.15, 0.2) is 3.92 Å². The molecular formula is C5H6BrN3S. The number of nitrogens with zero attached hydrogens (tertiary/aromatic N) is 2. The molecule has 0 bridgehead atoms. The summed E-state index contributed by atoms with van der Waals surface area (Å²) in [5.74, 6) is 0. The van der Waals surface area contributed by atoms with E-state index in [-0.39, 0.29) is 0 Å². The maximum atomic E-state index is 3.91. The zero-order valence-corrected chi connectivity index (χ0v) is 7.57. The van der Waals surface area contributed by atoms with Gasteiger partial charge in [-0.25, -0.2) is 0 Å². The van der Waals surface area contributed by atoms with Crippen LogP contribution in [0.4, 0.5) is 5.13 Å². The Balaban J connectivity index is 2.03. The van der Waals surface area contributed by atoms with Crippen molar-refractivity contribution in [1.29, 1.82) is 0 Å². The Morgan fingerprint density at radius 2 is 2.30 bits per heavy atom. The van der Waals surface area contributed by atoms with E-state index in [1.807, 2.05) is 0 Å². The number of anilines is 1. The lowest BCUT2D eigenvalue weighted by molar-refractivity contribution is 1.04. The van der Waals surface area contributed by atoms with Gasteiger partial charge in [0.2, 0.25) is 5.13 Å². The molecule has 1 aromatic heterocycles. The summed E-state index contributed by atoms with van der Waals surface area (Å²) in [4.78, 5) is 0. The van der Waals surface area contributed by atoms with Crippen molar-refractivity contribution in [2.75, 3.05) is 5.32 Å². The van der Waals surface area contributed by atoms with Crippen molar-refractivity contribution in [1.82, 2.24) is 10.2 Å². The Morgan fingerprint density at radius 1 is 1.50 bits per heavy atom. The lowest BCUT2D eigenvalue weighted by Gasteiger charge is -1.93. The second kappa shape index (κ2) is 2.47. The number of halogens is 1. The van der Waals surface area contributed by atoms with Crippen LogP contribution in [-0.4, -0.2) is 16.2 Å². The molecule has 1 aromatic rings. The first-order valence-electron chi connectivity index (χ1n) is 3.10. The maximum absolute atomic E-state index is 3.91. The molecule has 1 aliphatic rings. The molecule has 0 amide bonds. The molecule has 0 atom stereocenters. The molecule has 1 heterocycles. The maximum Gasteiger partial charge on any atom is 0.206 e. The van der Waals surface area contributed by atoms with E-state index in [4.69, 9.17) is 0 Å². The molecule has 1 N–H and O–H groups in total. The minimum Gasteiger partial charge on any atom is -0.357 e. The fraction of sp³-hybridized carbons (Fsp3) is 0.600. The van der Waals surface area contributed by atoms with Crippen LogP contribution in [-0.2, 0) is 0 Å². The predicted molar refractivity (Wildman–Crippen MR) is 44.3 cm³/mol. The van der Waals surface area contributed by atoms with Crippen LogP contribution < -0.4 is 5.32 Å². The molecule has 1 saturated carbocycles. The zero-order chi connectivity index (χ0) is 6.97. The Kier molecular flexibility index (Phi) is 1.61. The molecule has 1 fully saturated rings. The van der Waals surface area contributed by atoms with Crippen LogP contribution >= 0.6 is 27.3 Å². The minimum absolute atomic E-state index is 0.667. The summed E-state index contributed by atoms with van der Waals surface area (Å²) in [6.45, 7) is 0. The number of nitrogens with one attached hydrogen (secondary N) is 1. The van der Waals surface area contributed by atoms with Gasteiger partial charge in [-0.3, -0.25) is 0 Å². The summed E-state index contributed by atoms with van der Waals surface area (Å²) in [7, 11) is 0. The van der Waals surface area contributed by atoms with Gasteiger partial charge in [-0.2, -0.15) is 0 Å². The molecule has 10 heavy (non-hydrogen) atoms. The van der Waals surface area contributed by atoms with Crippen LogP contribution in [0, 0.1) is 0 Å². The van der Waals surface area contributed by atoms with E-state index in [9.17, 15) is 0 Å². The summed E-state index contributed by atoms with van der Waals surface area (Å²) in [6.07, 6.45) is 2.55. The van der Waals surface area contributed by atoms with E-state index in [1.165, 1.54) is 24.2 Å². The molecule has 2 rings (SSSR count). The quantitative estimate of drug-likeness (QED) is 0.826. The van der Waals surface area contributed by atoms with Crippen molar-refractivity contribution < 1.29 is 0 Å². The normalized spacial score (nSPS) is 17.3. The summed E-state index contributed by atoms with van der Waals surface area (Å²) < 4.78 is 0.843. The van der Waals surface area contributed by atoms with Gasteiger partial charge >= 0.3 is 0 Å². The largest absolute Gasteiger partial charge is 0.357 e. The molecule has 0 spiro atoms. The van der Waals surface area contributed by atoms with E-state index >= 15 is 0 Å². The smallest absolute Gasteiger partial charge is 0.206 e. The van der Waals surface area contributed by atoms with Gasteiger partial charge in [0.1, 0.15) is 0 Å². The van der Waals surface area contributed by atoms with Gasteiger partial charge in [0.05, 0.1) is 0 Å². The van der Waals surface area contributed by atoms with Crippen LogP contribution in [0.2, 0.25) is 0 Å². The highest BCUT2D eigenvalue weighted by Crippen LogP contribution is 2.27. The lowest BCUT2D eigenvalue weighted by atomic mass is 10.7. The summed E-state index contributed by atoms with van der Waals surface area (Å²) in [6, 6.07) is 0.667. The molecule has 0 unspecified atom stereocenters. The van der Waals surface area contributed by atoms with Gasteiger partial charge in [0.15, 0.2) is 3.92 Å². The van der Waals surface area contributed by atoms with Gasteiger partial charge in [-0.05, 0) is 28.8 Å². The second-order valence-electron chi connectivity index (χ2n) is 2.28. The highest BCUT2D eigenvalue weighted by Gasteiger charge is 2.21. The number of aromatic nitrogens is 2. The van der Waals surface area contributed by atoms with Crippen molar-refractivity contribution in [2.45, 2.75) is 18.9 Å². The molecular weight excluding hydrogens is 214 g/mol. The van der Waals surface area contributed by atoms with Gasteiger partial charge in [0.25, 0.3) is 0 Å². The Labute approximate surface area is 71.0 Å². The van der Waals surface area contributed by atoms with E-state index in [0.29, 0.717) is 6.04 Å². The topological polar surface area (TPSA) is 37.8 Å². The SMILES string of the molecule is Brc1nnc(NC2CC2)s1. The van der Waals surface area contributed by atoms with Crippen LogP contribution in [0.5, 0.6) is 0 Å². The zero-order valence-electron chi connectivity index (χ0n) is 5.17. The fourth-order valence-electron chi connectivity index (χ4n) is 0.666. The van der Waals surface area contributed by atoms with Crippen LogP contribution in [0.1, 0.15) is 12.8 Å². The van der Waals surface area contributed by atoms with E-state index in [1.54, 1.807) is 0 Å². The summed E-state index contributed by atoms with van der Waals surface area (Å²) >= 11 is 4.79. The minimum atomic E-state index is 0.667. The molecule has 0 aromatic carbocycles. The molecule has 0 radical (unpaired) electrons. The third-order valence-electron chi connectivity index (χ3n) is 1.31. The third-order valence-corrected chi connectivity index (χ3v) is 2.59. The van der Waals surface area contributed by atoms with Gasteiger partial charge in [-0.15, -0.1) is 10.2 Å². The van der Waals surface area contributed by atoms with E-state index < -0.39 is 0 Å². The fourth-order valence-corrected chi connectivity index (χ4v) is 1.75. The van der Waals surface area contributed by atoms with Gasteiger partial charge < -0.3 is 5.32 Å². The number of hydrogen-bond donors (Lipinski definition) is 1. The molecule has 0 saturated heterocycles. The average molecular weight is 220 g/mol. The summed E-state index contributed by atoms with van der Waals surface area (Å²) in [5, 5.41) is 11.9. The van der Waals surface area contributed by atoms with Crippen molar-refractivity contribution in [3.05, 3.63) is 3.92 Å². The number of hydrogen-bond acceptors (Lipinski definition) is 4. The molecule has 1 aliphatic carbocycles. The first-order chi connectivity index (χ1) is 4.84. The predicted octanol–water partition coefficient (Wildman–Crippen LogP) is 1.87. The molecule has 5 heteroatoms. The standard InChI is InChI=1S/C5H6BrN3S/c6-4-8-9-5(10-4)7-3-1-2-3/h3H,1-2H2,(H,7,9). The summed E-state index contributed by atoms with van der Waals surface area (Å²) in [5.41, 5.74) is 0. The van der Waals surface area contributed by atoms with Crippen LogP contribution in [0.25, 0.3) is 0 Å². The average Bonchev–Trinajstić information content (AvgIpc) is 2.59. The monoisotopic (exact) mass is 219 g/mol. The lowest BCUT2D eigenvalue weighted by Crippen LogP contribution is -1.99. The third kappa shape index (κ3) is 1.46. The highest BCUT2D eigenvalue weighted by atomic mass is 79.9. The molecule has 0 aliphatic heterocycles. The Hall–Kier alpha value is -0.160.